The minimum Gasteiger partial charge on any atom is -0.488 e. The molecule has 5 rings (SSSR count). The van der Waals surface area contributed by atoms with Crippen LogP contribution >= 0.6 is 34.5 Å². The fourth-order valence-electron chi connectivity index (χ4n) is 3.59. The fourth-order valence-corrected chi connectivity index (χ4v) is 4.94. The number of halogens is 2. The van der Waals surface area contributed by atoms with Crippen LogP contribution in [0.4, 0.5) is 0 Å². The van der Waals surface area contributed by atoms with Gasteiger partial charge in [0.1, 0.15) is 12.4 Å². The van der Waals surface area contributed by atoms with Crippen LogP contribution < -0.4 is 14.8 Å². The average molecular weight is 481 g/mol. The fraction of sp³-hybridized carbons (Fsp3) is 0.120. The van der Waals surface area contributed by atoms with Crippen LogP contribution in [0.15, 0.2) is 59.4 Å². The van der Waals surface area contributed by atoms with E-state index < -0.39 is 0 Å². The number of hydrogen-bond acceptors (Lipinski definition) is 4. The Morgan fingerprint density at radius 2 is 1.84 bits per heavy atom. The predicted molar refractivity (Wildman–Crippen MR) is 132 cm³/mol. The van der Waals surface area contributed by atoms with E-state index in [-0.39, 0.29) is 5.56 Å². The Morgan fingerprint density at radius 3 is 2.66 bits per heavy atom. The molecule has 0 aliphatic rings. The van der Waals surface area contributed by atoms with E-state index >= 15 is 0 Å². The van der Waals surface area contributed by atoms with E-state index in [9.17, 15) is 4.79 Å². The summed E-state index contributed by atoms with van der Waals surface area (Å²) in [6.07, 6.45) is 1.81. The average Bonchev–Trinajstić information content (AvgIpc) is 3.25. The summed E-state index contributed by atoms with van der Waals surface area (Å²) in [5, 5.41) is 1.21. The van der Waals surface area contributed by atoms with Crippen molar-refractivity contribution in [2.75, 3.05) is 0 Å². The van der Waals surface area contributed by atoms with E-state index in [4.69, 9.17) is 27.9 Å². The Labute approximate surface area is 198 Å². The third kappa shape index (κ3) is 3.77. The van der Waals surface area contributed by atoms with E-state index in [2.05, 4.69) is 4.98 Å². The molecule has 4 nitrogen and oxygen atoms in total. The Kier molecular flexibility index (Phi) is 5.41. The Morgan fingerprint density at radius 1 is 1.06 bits per heavy atom. The molecule has 0 bridgehead atoms. The first-order valence-corrected chi connectivity index (χ1v) is 11.6. The molecule has 0 saturated heterocycles. The smallest absolute Gasteiger partial charge is 0.274 e. The van der Waals surface area contributed by atoms with Crippen molar-refractivity contribution in [2.45, 2.75) is 20.5 Å². The number of thiazole rings is 1. The summed E-state index contributed by atoms with van der Waals surface area (Å²) < 4.78 is 8.27. The molecule has 0 spiro atoms. The maximum atomic E-state index is 13.2. The van der Waals surface area contributed by atoms with Crippen molar-refractivity contribution in [3.05, 3.63) is 102 Å². The minimum atomic E-state index is -0.104. The Bertz CT molecular complexity index is 1600. The Balaban J connectivity index is 1.59. The molecule has 0 saturated carbocycles. The molecule has 3 aromatic carbocycles. The molecule has 0 fully saturated rings. The first kappa shape index (κ1) is 21.0. The lowest BCUT2D eigenvalue weighted by Crippen LogP contribution is -2.22. The van der Waals surface area contributed by atoms with E-state index in [1.165, 1.54) is 11.3 Å². The summed E-state index contributed by atoms with van der Waals surface area (Å²) in [6, 6.07) is 16.9. The second-order valence-electron chi connectivity index (χ2n) is 7.63. The molecule has 0 aliphatic heterocycles. The molecule has 0 unspecified atom stereocenters. The van der Waals surface area contributed by atoms with Crippen molar-refractivity contribution < 1.29 is 4.74 Å². The molecule has 0 radical (unpaired) electrons. The Hall–Kier alpha value is -2.86. The number of aromatic nitrogens is 2. The van der Waals surface area contributed by atoms with Gasteiger partial charge in [0.15, 0.2) is 4.96 Å². The molecular weight excluding hydrogens is 463 g/mol. The van der Waals surface area contributed by atoms with Gasteiger partial charge in [0, 0.05) is 21.2 Å². The zero-order valence-corrected chi connectivity index (χ0v) is 19.7. The van der Waals surface area contributed by atoms with Crippen LogP contribution in [0.5, 0.6) is 5.75 Å². The number of fused-ring (bicyclic) bond motifs is 3. The minimum absolute atomic E-state index is 0.104. The van der Waals surface area contributed by atoms with Crippen molar-refractivity contribution in [2.24, 2.45) is 0 Å². The van der Waals surface area contributed by atoms with Crippen LogP contribution in [0.25, 0.3) is 22.1 Å². The normalized spacial score (nSPS) is 12.2. The summed E-state index contributed by atoms with van der Waals surface area (Å²) in [6.45, 7) is 4.39. The molecule has 7 heteroatoms. The van der Waals surface area contributed by atoms with Gasteiger partial charge in [-0.15, -0.1) is 0 Å². The van der Waals surface area contributed by atoms with E-state index in [0.717, 1.165) is 33.3 Å². The van der Waals surface area contributed by atoms with Gasteiger partial charge in [0.05, 0.1) is 15.6 Å². The van der Waals surface area contributed by atoms with Crippen LogP contribution in [-0.2, 0) is 6.61 Å². The second-order valence-corrected chi connectivity index (χ2v) is 9.49. The van der Waals surface area contributed by atoms with Gasteiger partial charge in [-0.25, -0.2) is 9.38 Å². The van der Waals surface area contributed by atoms with Crippen molar-refractivity contribution in [1.82, 2.24) is 9.38 Å². The molecule has 2 heterocycles. The van der Waals surface area contributed by atoms with Gasteiger partial charge < -0.3 is 4.74 Å². The molecule has 2 aromatic heterocycles. The molecule has 32 heavy (non-hydrogen) atoms. The monoisotopic (exact) mass is 480 g/mol. The summed E-state index contributed by atoms with van der Waals surface area (Å²) >= 11 is 13.8. The van der Waals surface area contributed by atoms with Gasteiger partial charge in [-0.05, 0) is 67.4 Å². The maximum Gasteiger partial charge on any atom is 0.274 e. The highest BCUT2D eigenvalue weighted by Crippen LogP contribution is 2.26. The highest BCUT2D eigenvalue weighted by atomic mass is 35.5. The van der Waals surface area contributed by atoms with Gasteiger partial charge in [0.2, 0.25) is 0 Å². The van der Waals surface area contributed by atoms with Crippen molar-refractivity contribution >= 4 is 56.6 Å². The number of rotatable bonds is 4. The maximum absolute atomic E-state index is 13.2. The molecule has 0 atom stereocenters. The first-order chi connectivity index (χ1) is 15.4. The molecule has 0 N–H and O–H groups in total. The van der Waals surface area contributed by atoms with Crippen LogP contribution in [0.2, 0.25) is 10.0 Å². The SMILES string of the molecule is Cc1cc2nc3sc(=Cc4cc(Cl)ccc4OCc4ccccc4Cl)c(=O)n3c2cc1C. The molecule has 0 amide bonds. The molecule has 160 valence electrons. The van der Waals surface area contributed by atoms with Crippen molar-refractivity contribution in [3.8, 4) is 5.75 Å². The summed E-state index contributed by atoms with van der Waals surface area (Å²) in [7, 11) is 0. The van der Waals surface area contributed by atoms with E-state index in [1.807, 2.05) is 56.3 Å². The second kappa shape index (κ2) is 8.24. The van der Waals surface area contributed by atoms with Crippen LogP contribution in [0.1, 0.15) is 22.3 Å². The lowest BCUT2D eigenvalue weighted by Gasteiger charge is -2.10. The molecular formula is C25H18Cl2N2O2S. The number of imidazole rings is 1. The summed E-state index contributed by atoms with van der Waals surface area (Å²) in [5.74, 6) is 0.621. The van der Waals surface area contributed by atoms with Gasteiger partial charge >= 0.3 is 0 Å². The number of ether oxygens (including phenoxy) is 1. The van der Waals surface area contributed by atoms with Gasteiger partial charge in [-0.2, -0.15) is 0 Å². The third-order valence-corrected chi connectivity index (χ3v) is 7.03. The van der Waals surface area contributed by atoms with Gasteiger partial charge in [-0.1, -0.05) is 52.7 Å². The highest BCUT2D eigenvalue weighted by molar-refractivity contribution is 7.15. The number of nitrogens with zero attached hydrogens (tertiary/aromatic N) is 2. The summed E-state index contributed by atoms with van der Waals surface area (Å²) in [4.78, 5) is 18.6. The van der Waals surface area contributed by atoms with Crippen molar-refractivity contribution in [3.63, 3.8) is 0 Å². The quantitative estimate of drug-likeness (QED) is 0.318. The van der Waals surface area contributed by atoms with Crippen LogP contribution in [0, 0.1) is 13.8 Å². The zero-order chi connectivity index (χ0) is 22.4. The standard InChI is InChI=1S/C25H18Cl2N2O2S/c1-14-9-20-21(10-15(14)2)29-24(30)23(32-25(29)28-20)12-17-11-18(26)7-8-22(17)31-13-16-5-3-4-6-19(16)27/h3-12H,13H2,1-2H3. The van der Waals surface area contributed by atoms with Gasteiger partial charge in [0.25, 0.3) is 5.56 Å². The summed E-state index contributed by atoms with van der Waals surface area (Å²) in [5.41, 5.74) is 5.43. The molecule has 0 aliphatic carbocycles. The van der Waals surface area contributed by atoms with Gasteiger partial charge in [-0.3, -0.25) is 4.79 Å². The number of aryl methyl sites for hydroxylation is 2. The number of hydrogen-bond donors (Lipinski definition) is 0. The van der Waals surface area contributed by atoms with E-state index in [0.29, 0.717) is 31.9 Å². The van der Waals surface area contributed by atoms with E-state index in [1.54, 1.807) is 22.6 Å². The largest absolute Gasteiger partial charge is 0.488 e. The lowest BCUT2D eigenvalue weighted by molar-refractivity contribution is 0.305. The third-order valence-electron chi connectivity index (χ3n) is 5.45. The van der Waals surface area contributed by atoms with Crippen LogP contribution in [0.3, 0.4) is 0 Å². The van der Waals surface area contributed by atoms with Crippen molar-refractivity contribution in [1.29, 1.82) is 0 Å². The topological polar surface area (TPSA) is 43.6 Å². The zero-order valence-electron chi connectivity index (χ0n) is 17.4. The lowest BCUT2D eigenvalue weighted by atomic mass is 10.1. The molecule has 5 aromatic rings. The number of benzene rings is 3. The first-order valence-electron chi connectivity index (χ1n) is 10.0. The van der Waals surface area contributed by atoms with Crippen LogP contribution in [-0.4, -0.2) is 9.38 Å². The predicted octanol–water partition coefficient (Wildman–Crippen LogP) is 5.96. The highest BCUT2D eigenvalue weighted by Gasteiger charge is 2.13.